The van der Waals surface area contributed by atoms with E-state index in [1.165, 1.54) is 24.4 Å². The second-order valence-corrected chi connectivity index (χ2v) is 6.73. The third-order valence-electron chi connectivity index (χ3n) is 3.58. The molecule has 0 fully saturated rings. The number of nitrogens with one attached hydrogen (secondary N) is 2. The van der Waals surface area contributed by atoms with Gasteiger partial charge >= 0.3 is 6.36 Å². The van der Waals surface area contributed by atoms with Gasteiger partial charge in [0.2, 0.25) is 5.91 Å². The SMILES string of the molecule is CC(C)C(=O)Nc1cc(C(=O)NCCOc2ccc(OC(F)(F)F)cc2Cl)ccn1. The Morgan fingerprint density at radius 2 is 1.93 bits per heavy atom. The molecule has 0 atom stereocenters. The number of hydrogen-bond acceptors (Lipinski definition) is 5. The van der Waals surface area contributed by atoms with Crippen LogP contribution in [-0.4, -0.2) is 36.3 Å². The lowest BCUT2D eigenvalue weighted by Gasteiger charge is -2.12. The Labute approximate surface area is 175 Å². The maximum atomic E-state index is 12.2. The molecule has 0 unspecified atom stereocenters. The Morgan fingerprint density at radius 3 is 2.57 bits per heavy atom. The monoisotopic (exact) mass is 445 g/mol. The fourth-order valence-electron chi connectivity index (χ4n) is 2.13. The molecule has 0 radical (unpaired) electrons. The number of ether oxygens (including phenoxy) is 2. The van der Waals surface area contributed by atoms with Crippen LogP contribution in [-0.2, 0) is 4.79 Å². The number of halogens is 4. The first kappa shape index (κ1) is 23.3. The van der Waals surface area contributed by atoms with Gasteiger partial charge < -0.3 is 20.1 Å². The molecule has 30 heavy (non-hydrogen) atoms. The van der Waals surface area contributed by atoms with E-state index in [-0.39, 0.29) is 47.1 Å². The van der Waals surface area contributed by atoms with Crippen molar-refractivity contribution >= 4 is 29.2 Å². The van der Waals surface area contributed by atoms with E-state index in [0.717, 1.165) is 12.1 Å². The van der Waals surface area contributed by atoms with E-state index in [2.05, 4.69) is 20.4 Å². The molecule has 11 heteroatoms. The number of benzene rings is 1. The number of anilines is 1. The zero-order valence-electron chi connectivity index (χ0n) is 16.0. The van der Waals surface area contributed by atoms with E-state index in [1.54, 1.807) is 13.8 Å². The quantitative estimate of drug-likeness (QED) is 0.599. The molecule has 2 N–H and O–H groups in total. The predicted octanol–water partition coefficient (Wildman–Crippen LogP) is 4.04. The summed E-state index contributed by atoms with van der Waals surface area (Å²) >= 11 is 5.88. The summed E-state index contributed by atoms with van der Waals surface area (Å²) in [7, 11) is 0. The first-order chi connectivity index (χ1) is 14.0. The summed E-state index contributed by atoms with van der Waals surface area (Å²) in [5.74, 6) is -0.944. The molecule has 0 aliphatic heterocycles. The van der Waals surface area contributed by atoms with Crippen molar-refractivity contribution in [1.29, 1.82) is 0 Å². The lowest BCUT2D eigenvalue weighted by atomic mass is 10.2. The molecule has 2 rings (SSSR count). The van der Waals surface area contributed by atoms with Crippen LogP contribution in [0.5, 0.6) is 11.5 Å². The first-order valence-electron chi connectivity index (χ1n) is 8.78. The highest BCUT2D eigenvalue weighted by atomic mass is 35.5. The van der Waals surface area contributed by atoms with E-state index >= 15 is 0 Å². The van der Waals surface area contributed by atoms with Crippen LogP contribution in [0.15, 0.2) is 36.5 Å². The maximum absolute atomic E-state index is 12.2. The summed E-state index contributed by atoms with van der Waals surface area (Å²) in [6.45, 7) is 3.59. The lowest BCUT2D eigenvalue weighted by Crippen LogP contribution is -2.28. The molecular weight excluding hydrogens is 427 g/mol. The number of carbonyl (C=O) groups is 2. The molecule has 1 aromatic heterocycles. The summed E-state index contributed by atoms with van der Waals surface area (Å²) in [5, 5.41) is 5.15. The number of carbonyl (C=O) groups excluding carboxylic acids is 2. The van der Waals surface area contributed by atoms with E-state index in [9.17, 15) is 22.8 Å². The van der Waals surface area contributed by atoms with Gasteiger partial charge in [-0.2, -0.15) is 0 Å². The van der Waals surface area contributed by atoms with Crippen LogP contribution in [0.25, 0.3) is 0 Å². The number of pyridine rings is 1. The molecule has 0 aliphatic carbocycles. The fourth-order valence-corrected chi connectivity index (χ4v) is 2.36. The third kappa shape index (κ3) is 7.43. The summed E-state index contributed by atoms with van der Waals surface area (Å²) in [6.07, 6.45) is -3.42. The Morgan fingerprint density at radius 1 is 1.20 bits per heavy atom. The van der Waals surface area contributed by atoms with E-state index in [4.69, 9.17) is 16.3 Å². The molecule has 0 bridgehead atoms. The van der Waals surface area contributed by atoms with Crippen LogP contribution in [0.3, 0.4) is 0 Å². The Bertz CT molecular complexity index is 907. The molecule has 0 spiro atoms. The van der Waals surface area contributed by atoms with Crippen molar-refractivity contribution in [3.05, 3.63) is 47.1 Å². The highest BCUT2D eigenvalue weighted by molar-refractivity contribution is 6.32. The molecule has 2 aromatic rings. The van der Waals surface area contributed by atoms with Crippen LogP contribution in [0.1, 0.15) is 24.2 Å². The van der Waals surface area contributed by atoms with Gasteiger partial charge in [0, 0.05) is 23.7 Å². The molecule has 7 nitrogen and oxygen atoms in total. The van der Waals surface area contributed by atoms with E-state index in [1.807, 2.05) is 0 Å². The van der Waals surface area contributed by atoms with Crippen LogP contribution in [0.4, 0.5) is 19.0 Å². The summed E-state index contributed by atoms with van der Waals surface area (Å²) in [6, 6.07) is 6.20. The maximum Gasteiger partial charge on any atom is 0.573 e. The van der Waals surface area contributed by atoms with Crippen molar-refractivity contribution in [3.63, 3.8) is 0 Å². The second kappa shape index (κ2) is 10.1. The third-order valence-corrected chi connectivity index (χ3v) is 3.88. The minimum atomic E-state index is -4.82. The molecule has 1 heterocycles. The number of nitrogens with zero attached hydrogens (tertiary/aromatic N) is 1. The smallest absolute Gasteiger partial charge is 0.490 e. The molecule has 0 saturated carbocycles. The van der Waals surface area contributed by atoms with Crippen molar-refractivity contribution in [3.8, 4) is 11.5 Å². The van der Waals surface area contributed by atoms with Crippen LogP contribution < -0.4 is 20.1 Å². The second-order valence-electron chi connectivity index (χ2n) is 6.32. The van der Waals surface area contributed by atoms with Gasteiger partial charge in [-0.05, 0) is 24.3 Å². The molecular formula is C19H19ClF3N3O4. The van der Waals surface area contributed by atoms with Gasteiger partial charge in [-0.1, -0.05) is 25.4 Å². The number of aromatic nitrogens is 1. The van der Waals surface area contributed by atoms with Crippen LogP contribution in [0.2, 0.25) is 5.02 Å². The summed E-state index contributed by atoms with van der Waals surface area (Å²) in [4.78, 5) is 27.9. The van der Waals surface area contributed by atoms with Crippen LogP contribution >= 0.6 is 11.6 Å². The number of rotatable bonds is 8. The van der Waals surface area contributed by atoms with Gasteiger partial charge in [-0.3, -0.25) is 9.59 Å². The highest BCUT2D eigenvalue weighted by Gasteiger charge is 2.31. The van der Waals surface area contributed by atoms with Gasteiger partial charge in [0.25, 0.3) is 5.91 Å². The van der Waals surface area contributed by atoms with Gasteiger partial charge in [0.05, 0.1) is 11.6 Å². The zero-order chi connectivity index (χ0) is 22.3. The Balaban J connectivity index is 1.84. The molecule has 2 amide bonds. The van der Waals surface area contributed by atoms with Gasteiger partial charge in [0.1, 0.15) is 23.9 Å². The summed E-state index contributed by atoms with van der Waals surface area (Å²) in [5.41, 5.74) is 0.288. The molecule has 162 valence electrons. The van der Waals surface area contributed by atoms with E-state index in [0.29, 0.717) is 0 Å². The van der Waals surface area contributed by atoms with Gasteiger partial charge in [-0.15, -0.1) is 13.2 Å². The normalized spacial score (nSPS) is 11.2. The van der Waals surface area contributed by atoms with Crippen molar-refractivity contribution in [2.24, 2.45) is 5.92 Å². The average molecular weight is 446 g/mol. The largest absolute Gasteiger partial charge is 0.573 e. The lowest BCUT2D eigenvalue weighted by molar-refractivity contribution is -0.274. The van der Waals surface area contributed by atoms with Gasteiger partial charge in [0.15, 0.2) is 0 Å². The predicted molar refractivity (Wildman–Crippen MR) is 104 cm³/mol. The fraction of sp³-hybridized carbons (Fsp3) is 0.316. The van der Waals surface area contributed by atoms with Crippen molar-refractivity contribution in [2.75, 3.05) is 18.5 Å². The Hall–Kier alpha value is -3.01. The number of alkyl halides is 3. The number of hydrogen-bond donors (Lipinski definition) is 2. The average Bonchev–Trinajstić information content (AvgIpc) is 2.65. The van der Waals surface area contributed by atoms with Gasteiger partial charge in [-0.25, -0.2) is 4.98 Å². The molecule has 0 aliphatic rings. The topological polar surface area (TPSA) is 89.6 Å². The van der Waals surface area contributed by atoms with Crippen molar-refractivity contribution in [2.45, 2.75) is 20.2 Å². The Kier molecular flexibility index (Phi) is 7.87. The van der Waals surface area contributed by atoms with Crippen molar-refractivity contribution < 1.29 is 32.2 Å². The minimum absolute atomic E-state index is 0.0208. The standard InChI is InChI=1S/C19H19ClF3N3O4/c1-11(2)17(27)26-16-9-12(5-6-24-16)18(28)25-7-8-29-15-4-3-13(10-14(15)20)30-19(21,22)23/h3-6,9-11H,7-8H2,1-2H3,(H,25,28)(H,24,26,27). The highest BCUT2D eigenvalue weighted by Crippen LogP contribution is 2.31. The molecule has 0 saturated heterocycles. The summed E-state index contributed by atoms with van der Waals surface area (Å²) < 4.78 is 45.7. The number of amides is 2. The van der Waals surface area contributed by atoms with Crippen LogP contribution in [0, 0.1) is 5.92 Å². The molecule has 1 aromatic carbocycles. The zero-order valence-corrected chi connectivity index (χ0v) is 16.8. The minimum Gasteiger partial charge on any atom is -0.490 e. The van der Waals surface area contributed by atoms with Crippen molar-refractivity contribution in [1.82, 2.24) is 10.3 Å². The van der Waals surface area contributed by atoms with E-state index < -0.39 is 18.0 Å². The first-order valence-corrected chi connectivity index (χ1v) is 9.16.